The Kier molecular flexibility index (Phi) is 7.47. The van der Waals surface area contributed by atoms with Crippen LogP contribution in [0.3, 0.4) is 0 Å². The molecule has 9 aromatic carbocycles. The van der Waals surface area contributed by atoms with Gasteiger partial charge in [0.15, 0.2) is 0 Å². The van der Waals surface area contributed by atoms with Crippen LogP contribution in [0.25, 0.3) is 70.9 Å². The van der Waals surface area contributed by atoms with E-state index in [1.807, 2.05) is 0 Å². The second-order valence-corrected chi connectivity index (χ2v) is 16.6. The quantitative estimate of drug-likeness (QED) is 0.159. The van der Waals surface area contributed by atoms with E-state index in [-0.39, 0.29) is 5.41 Å². The van der Waals surface area contributed by atoms with Gasteiger partial charge in [0, 0.05) is 16.4 Å². The molecule has 1 nitrogen and oxygen atoms in total. The summed E-state index contributed by atoms with van der Waals surface area (Å²) in [5.74, 6) is 0. The lowest BCUT2D eigenvalue weighted by Gasteiger charge is -2.44. The van der Waals surface area contributed by atoms with E-state index in [0.717, 1.165) is 6.42 Å². The van der Waals surface area contributed by atoms with Crippen LogP contribution >= 0.6 is 0 Å². The fourth-order valence-electron chi connectivity index (χ4n) is 10.2. The normalized spacial score (nSPS) is 16.9. The van der Waals surface area contributed by atoms with Gasteiger partial charge < -0.3 is 4.90 Å². The van der Waals surface area contributed by atoms with E-state index < -0.39 is 5.54 Å². The van der Waals surface area contributed by atoms with Crippen LogP contribution in [0.4, 0.5) is 11.4 Å². The summed E-state index contributed by atoms with van der Waals surface area (Å²) in [6.45, 7) is 7.20. The van der Waals surface area contributed by atoms with Crippen molar-refractivity contribution in [1.82, 2.24) is 0 Å². The zero-order valence-electron chi connectivity index (χ0n) is 32.6. The number of anilines is 2. The molecule has 0 fully saturated rings. The molecule has 0 aromatic heterocycles. The molecule has 0 N–H and O–H groups in total. The van der Waals surface area contributed by atoms with Crippen molar-refractivity contribution >= 4 is 60.0 Å². The molecule has 2 aliphatic rings. The molecule has 1 atom stereocenters. The van der Waals surface area contributed by atoms with Crippen LogP contribution in [0.1, 0.15) is 43.9 Å². The minimum absolute atomic E-state index is 0.111. The van der Waals surface area contributed by atoms with Crippen molar-refractivity contribution in [2.75, 3.05) is 4.90 Å². The van der Waals surface area contributed by atoms with Crippen LogP contribution in [0.15, 0.2) is 194 Å². The summed E-state index contributed by atoms with van der Waals surface area (Å²) in [6.07, 6.45) is 8.25. The first-order valence-electron chi connectivity index (χ1n) is 20.3. The Labute approximate surface area is 334 Å². The molecular weight excluding hydrogens is 687 g/mol. The Balaban J connectivity index is 1.16. The summed E-state index contributed by atoms with van der Waals surface area (Å²) in [5, 5.41) is 10.2. The minimum atomic E-state index is -0.398. The van der Waals surface area contributed by atoms with Gasteiger partial charge in [-0.05, 0) is 102 Å². The fourth-order valence-corrected chi connectivity index (χ4v) is 10.2. The maximum absolute atomic E-state index is 2.68. The van der Waals surface area contributed by atoms with E-state index >= 15 is 0 Å². The predicted molar refractivity (Wildman–Crippen MR) is 245 cm³/mol. The first-order valence-corrected chi connectivity index (χ1v) is 20.3. The Morgan fingerprint density at radius 3 is 1.70 bits per heavy atom. The van der Waals surface area contributed by atoms with Crippen LogP contribution in [0, 0.1) is 0 Å². The Morgan fingerprint density at radius 2 is 1.00 bits per heavy atom. The number of hydrogen-bond acceptors (Lipinski definition) is 1. The van der Waals surface area contributed by atoms with Gasteiger partial charge in [-0.25, -0.2) is 0 Å². The maximum Gasteiger partial charge on any atom is 0.0643 e. The van der Waals surface area contributed by atoms with E-state index in [1.165, 1.54) is 99.0 Å². The van der Waals surface area contributed by atoms with Crippen LogP contribution in [-0.4, -0.2) is 5.54 Å². The van der Waals surface area contributed by atoms with Crippen molar-refractivity contribution in [1.29, 1.82) is 0 Å². The number of fused-ring (bicyclic) bond motifs is 9. The van der Waals surface area contributed by atoms with E-state index in [0.29, 0.717) is 0 Å². The van der Waals surface area contributed by atoms with Gasteiger partial charge in [-0.1, -0.05) is 196 Å². The molecule has 0 aliphatic heterocycles. The van der Waals surface area contributed by atoms with Gasteiger partial charge >= 0.3 is 0 Å². The monoisotopic (exact) mass is 729 g/mol. The van der Waals surface area contributed by atoms with Crippen molar-refractivity contribution < 1.29 is 0 Å². The van der Waals surface area contributed by atoms with Gasteiger partial charge in [-0.2, -0.15) is 0 Å². The number of nitrogens with zero attached hydrogens (tertiary/aromatic N) is 1. The first-order chi connectivity index (χ1) is 27.9. The molecule has 0 amide bonds. The standard InChI is InChI=1S/C56H43N/c1-55(2)48-29-16-15-28-47(48)54-49(55)30-17-31-50(54)57(51-36-39-20-7-8-21-40(39)41-22-9-12-25-44(41)51)56(3)34-32-38(33-35-56)53-46-27-14-11-24-43(46)42-23-10-13-26-45(42)52(53)37-18-5-4-6-19-37/h4-34,36H,35H2,1-3H3. The van der Waals surface area contributed by atoms with Gasteiger partial charge in [0.25, 0.3) is 0 Å². The first kappa shape index (κ1) is 33.6. The number of rotatable bonds is 5. The molecule has 0 radical (unpaired) electrons. The molecule has 1 heteroatoms. The Bertz CT molecular complexity index is 3140. The van der Waals surface area contributed by atoms with Crippen LogP contribution in [0.2, 0.25) is 0 Å². The number of benzene rings is 9. The van der Waals surface area contributed by atoms with Crippen LogP contribution < -0.4 is 4.90 Å². The molecule has 9 aromatic rings. The summed E-state index contributed by atoms with van der Waals surface area (Å²) < 4.78 is 0. The van der Waals surface area contributed by atoms with Crippen LogP contribution in [0.5, 0.6) is 0 Å². The highest BCUT2D eigenvalue weighted by Gasteiger charge is 2.41. The van der Waals surface area contributed by atoms with E-state index in [9.17, 15) is 0 Å². The second kappa shape index (κ2) is 12.7. The number of hydrogen-bond donors (Lipinski definition) is 0. The highest BCUT2D eigenvalue weighted by atomic mass is 15.2. The van der Waals surface area contributed by atoms with Gasteiger partial charge in [-0.3, -0.25) is 0 Å². The zero-order chi connectivity index (χ0) is 38.3. The summed E-state index contributed by atoms with van der Waals surface area (Å²) in [4.78, 5) is 2.68. The third-order valence-corrected chi connectivity index (χ3v) is 13.0. The summed E-state index contributed by atoms with van der Waals surface area (Å²) in [5.41, 5.74) is 12.5. The zero-order valence-corrected chi connectivity index (χ0v) is 32.6. The number of allylic oxidation sites excluding steroid dienone is 2. The smallest absolute Gasteiger partial charge is 0.0643 e. The summed E-state index contributed by atoms with van der Waals surface area (Å²) in [7, 11) is 0. The molecule has 57 heavy (non-hydrogen) atoms. The molecule has 11 rings (SSSR count). The van der Waals surface area contributed by atoms with Crippen molar-refractivity contribution in [3.05, 3.63) is 211 Å². The molecule has 0 spiro atoms. The van der Waals surface area contributed by atoms with Crippen LogP contribution in [-0.2, 0) is 5.41 Å². The Morgan fingerprint density at radius 1 is 0.439 bits per heavy atom. The van der Waals surface area contributed by atoms with Gasteiger partial charge in [0.05, 0.1) is 16.9 Å². The molecule has 0 bridgehead atoms. The highest BCUT2D eigenvalue weighted by molar-refractivity contribution is 6.20. The third-order valence-electron chi connectivity index (χ3n) is 13.0. The molecule has 1 unspecified atom stereocenters. The second-order valence-electron chi connectivity index (χ2n) is 16.6. The van der Waals surface area contributed by atoms with Gasteiger partial charge in [-0.15, -0.1) is 0 Å². The third kappa shape index (κ3) is 5.02. The molecule has 0 heterocycles. The highest BCUT2D eigenvalue weighted by Crippen LogP contribution is 2.56. The molecule has 0 saturated carbocycles. The average molecular weight is 730 g/mol. The van der Waals surface area contributed by atoms with E-state index in [1.54, 1.807) is 0 Å². The van der Waals surface area contributed by atoms with Crippen molar-refractivity contribution in [2.45, 2.75) is 38.1 Å². The van der Waals surface area contributed by atoms with Gasteiger partial charge in [0.2, 0.25) is 0 Å². The lowest BCUT2D eigenvalue weighted by Crippen LogP contribution is -2.42. The van der Waals surface area contributed by atoms with Crippen molar-refractivity contribution in [2.24, 2.45) is 0 Å². The molecule has 272 valence electrons. The summed E-state index contributed by atoms with van der Waals surface area (Å²) in [6, 6.07) is 65.2. The maximum atomic E-state index is 2.68. The van der Waals surface area contributed by atoms with Crippen molar-refractivity contribution in [3.8, 4) is 22.3 Å². The average Bonchev–Trinajstić information content (AvgIpc) is 3.50. The summed E-state index contributed by atoms with van der Waals surface area (Å²) >= 11 is 0. The predicted octanol–water partition coefficient (Wildman–Crippen LogP) is 15.2. The van der Waals surface area contributed by atoms with E-state index in [4.69, 9.17) is 0 Å². The lowest BCUT2D eigenvalue weighted by molar-refractivity contribution is 0.572. The topological polar surface area (TPSA) is 3.24 Å². The largest absolute Gasteiger partial charge is 0.331 e. The molecule has 2 aliphatic carbocycles. The fraction of sp³-hybridized carbons (Fsp3) is 0.107. The van der Waals surface area contributed by atoms with Crippen molar-refractivity contribution in [3.63, 3.8) is 0 Å². The lowest BCUT2D eigenvalue weighted by atomic mass is 9.80. The minimum Gasteiger partial charge on any atom is -0.331 e. The Hall–Kier alpha value is -6.70. The molecular formula is C56H43N. The SMILES string of the molecule is CC1(C)c2ccccc2-c2c(N(c3cc4ccccc4c4ccccc34)C3(C)C=CC(c4c(-c5ccccc5)c5ccccc5c5ccccc45)=CC3)cccc21. The van der Waals surface area contributed by atoms with Gasteiger partial charge in [0.1, 0.15) is 0 Å². The molecule has 0 saturated heterocycles. The van der Waals surface area contributed by atoms with E-state index in [2.05, 4.69) is 220 Å².